The van der Waals surface area contributed by atoms with Gasteiger partial charge in [-0.1, -0.05) is 6.07 Å². The molecule has 0 saturated carbocycles. The molecule has 1 heterocycles. The number of piperidine rings is 1. The second-order valence-electron chi connectivity index (χ2n) is 5.29. The van der Waals surface area contributed by atoms with Gasteiger partial charge >= 0.3 is 11.9 Å². The number of carbonyl (C=O) groups is 2. The Hall–Kier alpha value is -1.93. The number of sulfonamides is 1. The number of ether oxygens (including phenoxy) is 1. The number of carboxylic acid groups (broad SMARTS) is 1. The fourth-order valence-electron chi connectivity index (χ4n) is 2.51. The first kappa shape index (κ1) is 17.4. The molecule has 1 aromatic rings. The predicted octanol–water partition coefficient (Wildman–Crippen LogP) is 1.35. The van der Waals surface area contributed by atoms with Gasteiger partial charge in [0.25, 0.3) is 0 Å². The van der Waals surface area contributed by atoms with Gasteiger partial charge in [-0.3, -0.25) is 4.79 Å². The van der Waals surface area contributed by atoms with Gasteiger partial charge in [0.1, 0.15) is 0 Å². The smallest absolute Gasteiger partial charge is 0.338 e. The van der Waals surface area contributed by atoms with Gasteiger partial charge in [-0.25, -0.2) is 13.2 Å². The van der Waals surface area contributed by atoms with E-state index in [1.165, 1.54) is 28.6 Å². The molecule has 2 rings (SSSR count). The highest BCUT2D eigenvalue weighted by molar-refractivity contribution is 7.89. The Morgan fingerprint density at radius 2 is 2.13 bits per heavy atom. The topological polar surface area (TPSA) is 101 Å². The molecule has 0 aromatic heterocycles. The lowest BCUT2D eigenvalue weighted by atomic mass is 10.0. The summed E-state index contributed by atoms with van der Waals surface area (Å²) in [5.74, 6) is -2.29. The van der Waals surface area contributed by atoms with Crippen LogP contribution in [0, 0.1) is 5.92 Å². The second-order valence-corrected chi connectivity index (χ2v) is 7.23. The van der Waals surface area contributed by atoms with Gasteiger partial charge in [0.2, 0.25) is 10.0 Å². The van der Waals surface area contributed by atoms with Crippen LogP contribution in [0.25, 0.3) is 0 Å². The maximum absolute atomic E-state index is 12.7. The molecule has 0 radical (unpaired) electrons. The molecule has 1 unspecified atom stereocenters. The molecule has 7 nitrogen and oxygen atoms in total. The Morgan fingerprint density at radius 3 is 2.78 bits per heavy atom. The number of benzene rings is 1. The molecule has 23 heavy (non-hydrogen) atoms. The number of hydrogen-bond donors (Lipinski definition) is 1. The molecule has 126 valence electrons. The molecule has 1 saturated heterocycles. The van der Waals surface area contributed by atoms with Crippen molar-refractivity contribution in [1.82, 2.24) is 4.31 Å². The minimum atomic E-state index is -3.84. The van der Waals surface area contributed by atoms with Crippen LogP contribution in [0.15, 0.2) is 29.2 Å². The Balaban J connectivity index is 2.27. The van der Waals surface area contributed by atoms with Crippen molar-refractivity contribution in [3.8, 4) is 0 Å². The lowest BCUT2D eigenvalue weighted by Gasteiger charge is -2.29. The van der Waals surface area contributed by atoms with Gasteiger partial charge in [-0.05, 0) is 38.0 Å². The number of nitrogens with zero attached hydrogens (tertiary/aromatic N) is 1. The largest absolute Gasteiger partial charge is 0.481 e. The summed E-state index contributed by atoms with van der Waals surface area (Å²) in [5, 5.41) is 9.09. The van der Waals surface area contributed by atoms with Crippen LogP contribution in [0.4, 0.5) is 0 Å². The van der Waals surface area contributed by atoms with Gasteiger partial charge in [0.05, 0.1) is 23.0 Å². The monoisotopic (exact) mass is 341 g/mol. The molecule has 1 atom stereocenters. The van der Waals surface area contributed by atoms with Crippen molar-refractivity contribution in [3.63, 3.8) is 0 Å². The summed E-state index contributed by atoms with van der Waals surface area (Å²) in [4.78, 5) is 22.8. The summed E-state index contributed by atoms with van der Waals surface area (Å²) in [7, 11) is -3.84. The molecule has 0 bridgehead atoms. The van der Waals surface area contributed by atoms with Crippen molar-refractivity contribution in [2.75, 3.05) is 19.7 Å². The molecule has 1 aliphatic heterocycles. The highest BCUT2D eigenvalue weighted by Gasteiger charge is 2.33. The van der Waals surface area contributed by atoms with Gasteiger partial charge in [0, 0.05) is 13.1 Å². The van der Waals surface area contributed by atoms with Crippen molar-refractivity contribution >= 4 is 22.0 Å². The Kier molecular flexibility index (Phi) is 5.38. The van der Waals surface area contributed by atoms with E-state index >= 15 is 0 Å². The van der Waals surface area contributed by atoms with Gasteiger partial charge in [-0.2, -0.15) is 4.31 Å². The SMILES string of the molecule is CCOC(=O)c1cccc(S(=O)(=O)N2CCCC(C(=O)O)C2)c1. The Morgan fingerprint density at radius 1 is 1.39 bits per heavy atom. The van der Waals surface area contributed by atoms with Crippen LogP contribution in [-0.2, 0) is 19.6 Å². The van der Waals surface area contributed by atoms with E-state index in [4.69, 9.17) is 9.84 Å². The third-order valence-corrected chi connectivity index (χ3v) is 5.58. The summed E-state index contributed by atoms with van der Waals surface area (Å²) in [5.41, 5.74) is 0.153. The van der Waals surface area contributed by atoms with E-state index in [1.54, 1.807) is 6.92 Å². The first-order valence-electron chi connectivity index (χ1n) is 7.36. The van der Waals surface area contributed by atoms with Crippen molar-refractivity contribution in [3.05, 3.63) is 29.8 Å². The van der Waals surface area contributed by atoms with Gasteiger partial charge in [-0.15, -0.1) is 0 Å². The van der Waals surface area contributed by atoms with E-state index in [0.717, 1.165) is 0 Å². The highest BCUT2D eigenvalue weighted by Crippen LogP contribution is 2.24. The maximum Gasteiger partial charge on any atom is 0.338 e. The van der Waals surface area contributed by atoms with E-state index in [1.807, 2.05) is 0 Å². The molecule has 8 heteroatoms. The second kappa shape index (κ2) is 7.10. The highest BCUT2D eigenvalue weighted by atomic mass is 32.2. The Labute approximate surface area is 134 Å². The molecular weight excluding hydrogens is 322 g/mol. The summed E-state index contributed by atoms with van der Waals surface area (Å²) in [6.45, 7) is 2.08. The van der Waals surface area contributed by atoms with Gasteiger partial charge in [0.15, 0.2) is 0 Å². The van der Waals surface area contributed by atoms with Crippen LogP contribution in [0.5, 0.6) is 0 Å². The number of aliphatic carboxylic acids is 1. The first-order valence-corrected chi connectivity index (χ1v) is 8.80. The fraction of sp³-hybridized carbons (Fsp3) is 0.467. The predicted molar refractivity (Wildman–Crippen MR) is 81.5 cm³/mol. The lowest BCUT2D eigenvalue weighted by molar-refractivity contribution is -0.142. The quantitative estimate of drug-likeness (QED) is 0.811. The van der Waals surface area contributed by atoms with Crippen LogP contribution in [0.3, 0.4) is 0 Å². The summed E-state index contributed by atoms with van der Waals surface area (Å²) in [6.07, 6.45) is 0.956. The van der Waals surface area contributed by atoms with Crippen molar-refractivity contribution in [2.24, 2.45) is 5.92 Å². The molecular formula is C15H19NO6S. The van der Waals surface area contributed by atoms with Crippen LogP contribution in [0.2, 0.25) is 0 Å². The molecule has 1 N–H and O–H groups in total. The zero-order valence-electron chi connectivity index (χ0n) is 12.8. The number of rotatable bonds is 5. The van der Waals surface area contributed by atoms with E-state index in [0.29, 0.717) is 12.8 Å². The van der Waals surface area contributed by atoms with E-state index in [9.17, 15) is 18.0 Å². The number of carboxylic acids is 1. The maximum atomic E-state index is 12.7. The van der Waals surface area contributed by atoms with Crippen molar-refractivity contribution in [1.29, 1.82) is 0 Å². The standard InChI is InChI=1S/C15H19NO6S/c1-2-22-15(19)11-5-3-7-13(9-11)23(20,21)16-8-4-6-12(10-16)14(17)18/h3,5,7,9,12H,2,4,6,8,10H2,1H3,(H,17,18). The third-order valence-electron chi connectivity index (χ3n) is 3.72. The Bertz CT molecular complexity index is 700. The minimum absolute atomic E-state index is 0.0332. The van der Waals surface area contributed by atoms with E-state index in [2.05, 4.69) is 0 Å². The molecule has 0 amide bonds. The van der Waals surface area contributed by atoms with Crippen LogP contribution >= 0.6 is 0 Å². The van der Waals surface area contributed by atoms with Crippen molar-refractivity contribution < 1.29 is 27.9 Å². The van der Waals surface area contributed by atoms with Crippen LogP contribution < -0.4 is 0 Å². The third kappa shape index (κ3) is 3.89. The summed E-state index contributed by atoms with van der Waals surface area (Å²) < 4.78 is 31.4. The normalized spacial score (nSPS) is 19.3. The lowest BCUT2D eigenvalue weighted by Crippen LogP contribution is -2.42. The molecule has 1 aromatic carbocycles. The first-order chi connectivity index (χ1) is 10.9. The zero-order valence-corrected chi connectivity index (χ0v) is 13.6. The average Bonchev–Trinajstić information content (AvgIpc) is 2.55. The zero-order chi connectivity index (χ0) is 17.0. The molecule has 0 aliphatic carbocycles. The fourth-order valence-corrected chi connectivity index (χ4v) is 4.08. The molecule has 1 aliphatic rings. The number of carbonyl (C=O) groups excluding carboxylic acids is 1. The number of esters is 1. The van der Waals surface area contributed by atoms with Crippen LogP contribution in [0.1, 0.15) is 30.1 Å². The van der Waals surface area contributed by atoms with Crippen LogP contribution in [-0.4, -0.2) is 49.5 Å². The van der Waals surface area contributed by atoms with Crippen molar-refractivity contribution in [2.45, 2.75) is 24.7 Å². The molecule has 1 fully saturated rings. The van der Waals surface area contributed by atoms with Gasteiger partial charge < -0.3 is 9.84 Å². The van der Waals surface area contributed by atoms with E-state index in [-0.39, 0.29) is 30.2 Å². The molecule has 0 spiro atoms. The van der Waals surface area contributed by atoms with E-state index < -0.39 is 27.9 Å². The summed E-state index contributed by atoms with van der Waals surface area (Å²) in [6, 6.07) is 5.60. The average molecular weight is 341 g/mol. The number of hydrogen-bond acceptors (Lipinski definition) is 5. The minimum Gasteiger partial charge on any atom is -0.481 e. The summed E-state index contributed by atoms with van der Waals surface area (Å²) >= 11 is 0.